The number of rotatable bonds is 6. The Morgan fingerprint density at radius 3 is 2.20 bits per heavy atom. The number of nitrogens with zero attached hydrogens (tertiary/aromatic N) is 1. The lowest BCUT2D eigenvalue weighted by Crippen LogP contribution is -2.40. The fourth-order valence-corrected chi connectivity index (χ4v) is 3.35. The van der Waals surface area contributed by atoms with Gasteiger partial charge in [0.15, 0.2) is 0 Å². The van der Waals surface area contributed by atoms with Gasteiger partial charge < -0.3 is 10.6 Å². The van der Waals surface area contributed by atoms with Crippen LogP contribution in [0, 0.1) is 17.3 Å². The lowest BCUT2D eigenvalue weighted by atomic mass is 9.69. The van der Waals surface area contributed by atoms with Crippen molar-refractivity contribution in [1.82, 2.24) is 4.90 Å². The first-order valence-corrected chi connectivity index (χ1v) is 8.39. The molecule has 1 amide bonds. The lowest BCUT2D eigenvalue weighted by Gasteiger charge is -2.38. The Kier molecular flexibility index (Phi) is 7.01. The van der Waals surface area contributed by atoms with E-state index in [1.807, 2.05) is 0 Å². The van der Waals surface area contributed by atoms with E-state index in [0.717, 1.165) is 44.7 Å². The fraction of sp³-hybridized carbons (Fsp3) is 0.941. The summed E-state index contributed by atoms with van der Waals surface area (Å²) in [6.45, 7) is 11.5. The number of amides is 1. The Hall–Kier alpha value is -0.570. The molecule has 0 aromatic rings. The first-order chi connectivity index (χ1) is 9.40. The van der Waals surface area contributed by atoms with E-state index < -0.39 is 0 Å². The zero-order valence-corrected chi connectivity index (χ0v) is 14.0. The van der Waals surface area contributed by atoms with Crippen molar-refractivity contribution >= 4 is 5.91 Å². The molecule has 1 aliphatic carbocycles. The maximum absolute atomic E-state index is 12.6. The SMILES string of the molecule is CCCN(CCCN)C(=O)C1CCC(C(C)(C)C)CC1. The largest absolute Gasteiger partial charge is 0.342 e. The third-order valence-corrected chi connectivity index (χ3v) is 4.74. The van der Waals surface area contributed by atoms with Crippen LogP contribution in [0.5, 0.6) is 0 Å². The van der Waals surface area contributed by atoms with Gasteiger partial charge in [-0.15, -0.1) is 0 Å². The highest BCUT2D eigenvalue weighted by molar-refractivity contribution is 5.78. The van der Waals surface area contributed by atoms with Crippen molar-refractivity contribution in [2.24, 2.45) is 23.0 Å². The number of hydrogen-bond donors (Lipinski definition) is 1. The molecule has 0 saturated heterocycles. The van der Waals surface area contributed by atoms with Gasteiger partial charge >= 0.3 is 0 Å². The van der Waals surface area contributed by atoms with Crippen molar-refractivity contribution in [2.75, 3.05) is 19.6 Å². The normalized spacial score (nSPS) is 23.6. The Morgan fingerprint density at radius 2 is 1.75 bits per heavy atom. The standard InChI is InChI=1S/C17H34N2O/c1-5-12-19(13-6-11-18)16(20)14-7-9-15(10-8-14)17(2,3)4/h14-15H,5-13,18H2,1-4H3. The zero-order chi connectivity index (χ0) is 15.2. The van der Waals surface area contributed by atoms with Gasteiger partial charge in [0.1, 0.15) is 0 Å². The van der Waals surface area contributed by atoms with Gasteiger partial charge in [-0.1, -0.05) is 27.7 Å². The Labute approximate surface area is 125 Å². The van der Waals surface area contributed by atoms with Crippen molar-refractivity contribution in [1.29, 1.82) is 0 Å². The molecule has 1 saturated carbocycles. The smallest absolute Gasteiger partial charge is 0.225 e. The summed E-state index contributed by atoms with van der Waals surface area (Å²) in [6, 6.07) is 0. The maximum Gasteiger partial charge on any atom is 0.225 e. The van der Waals surface area contributed by atoms with E-state index in [0.29, 0.717) is 17.9 Å². The Morgan fingerprint density at radius 1 is 1.15 bits per heavy atom. The molecule has 0 radical (unpaired) electrons. The summed E-state index contributed by atoms with van der Waals surface area (Å²) in [5.41, 5.74) is 5.97. The van der Waals surface area contributed by atoms with Gasteiger partial charge in [-0.05, 0) is 56.4 Å². The number of hydrogen-bond acceptors (Lipinski definition) is 2. The van der Waals surface area contributed by atoms with Crippen molar-refractivity contribution in [2.45, 2.75) is 66.2 Å². The highest BCUT2D eigenvalue weighted by atomic mass is 16.2. The number of nitrogens with two attached hydrogens (primary N) is 1. The second kappa shape index (κ2) is 8.02. The first kappa shape index (κ1) is 17.5. The molecule has 3 nitrogen and oxygen atoms in total. The van der Waals surface area contributed by atoms with Gasteiger partial charge in [0.25, 0.3) is 0 Å². The topological polar surface area (TPSA) is 46.3 Å². The first-order valence-electron chi connectivity index (χ1n) is 8.39. The minimum absolute atomic E-state index is 0.262. The third-order valence-electron chi connectivity index (χ3n) is 4.74. The summed E-state index contributed by atoms with van der Waals surface area (Å²) in [7, 11) is 0. The van der Waals surface area contributed by atoms with Gasteiger partial charge in [0.05, 0.1) is 0 Å². The molecule has 0 bridgehead atoms. The van der Waals surface area contributed by atoms with Crippen molar-refractivity contribution in [3.63, 3.8) is 0 Å². The quantitative estimate of drug-likeness (QED) is 0.811. The van der Waals surface area contributed by atoms with E-state index in [-0.39, 0.29) is 5.92 Å². The summed E-state index contributed by atoms with van der Waals surface area (Å²) < 4.78 is 0. The Balaban J connectivity index is 2.51. The van der Waals surface area contributed by atoms with E-state index >= 15 is 0 Å². The molecular formula is C17H34N2O. The van der Waals surface area contributed by atoms with Crippen LogP contribution in [-0.2, 0) is 4.79 Å². The van der Waals surface area contributed by atoms with Crippen LogP contribution in [0.15, 0.2) is 0 Å². The predicted molar refractivity (Wildman–Crippen MR) is 85.4 cm³/mol. The van der Waals surface area contributed by atoms with Crippen LogP contribution in [0.2, 0.25) is 0 Å². The van der Waals surface area contributed by atoms with Crippen LogP contribution < -0.4 is 5.73 Å². The molecule has 2 N–H and O–H groups in total. The van der Waals surface area contributed by atoms with Crippen molar-refractivity contribution < 1.29 is 4.79 Å². The molecule has 20 heavy (non-hydrogen) atoms. The van der Waals surface area contributed by atoms with Gasteiger partial charge in [-0.25, -0.2) is 0 Å². The molecule has 3 heteroatoms. The molecule has 1 fully saturated rings. The molecule has 0 aliphatic heterocycles. The van der Waals surface area contributed by atoms with Gasteiger partial charge in [0, 0.05) is 19.0 Å². The minimum atomic E-state index is 0.262. The van der Waals surface area contributed by atoms with Gasteiger partial charge in [-0.3, -0.25) is 4.79 Å². The highest BCUT2D eigenvalue weighted by Gasteiger charge is 2.33. The van der Waals surface area contributed by atoms with E-state index in [2.05, 4.69) is 32.6 Å². The molecule has 0 heterocycles. The summed E-state index contributed by atoms with van der Waals surface area (Å²) in [5, 5.41) is 0. The maximum atomic E-state index is 12.6. The van der Waals surface area contributed by atoms with Crippen molar-refractivity contribution in [3.8, 4) is 0 Å². The van der Waals surface area contributed by atoms with E-state index in [1.54, 1.807) is 0 Å². The van der Waals surface area contributed by atoms with Crippen LogP contribution >= 0.6 is 0 Å². The van der Waals surface area contributed by atoms with Crippen LogP contribution in [0.25, 0.3) is 0 Å². The van der Waals surface area contributed by atoms with E-state index in [4.69, 9.17) is 5.73 Å². The molecule has 0 atom stereocenters. The molecule has 1 aliphatic rings. The summed E-state index contributed by atoms with van der Waals surface area (Å²) >= 11 is 0. The summed E-state index contributed by atoms with van der Waals surface area (Å²) in [5.74, 6) is 1.42. The van der Waals surface area contributed by atoms with Crippen molar-refractivity contribution in [3.05, 3.63) is 0 Å². The van der Waals surface area contributed by atoms with Gasteiger partial charge in [-0.2, -0.15) is 0 Å². The number of carbonyl (C=O) groups excluding carboxylic acids is 1. The van der Waals surface area contributed by atoms with Crippen LogP contribution in [0.1, 0.15) is 66.2 Å². The Bertz CT molecular complexity index is 288. The van der Waals surface area contributed by atoms with E-state index in [9.17, 15) is 4.79 Å². The van der Waals surface area contributed by atoms with Crippen LogP contribution in [0.4, 0.5) is 0 Å². The summed E-state index contributed by atoms with van der Waals surface area (Å²) in [4.78, 5) is 14.7. The number of carbonyl (C=O) groups is 1. The average molecular weight is 282 g/mol. The molecule has 0 aromatic carbocycles. The van der Waals surface area contributed by atoms with Gasteiger partial charge in [0.2, 0.25) is 5.91 Å². The molecule has 0 aromatic heterocycles. The van der Waals surface area contributed by atoms with E-state index in [1.165, 1.54) is 12.8 Å². The monoisotopic (exact) mass is 282 g/mol. The lowest BCUT2D eigenvalue weighted by molar-refractivity contribution is -0.137. The summed E-state index contributed by atoms with van der Waals surface area (Å²) in [6.07, 6.45) is 6.51. The van der Waals surface area contributed by atoms with Crippen LogP contribution in [-0.4, -0.2) is 30.4 Å². The molecule has 0 spiro atoms. The third kappa shape index (κ3) is 5.08. The average Bonchev–Trinajstić information content (AvgIpc) is 2.42. The molecular weight excluding hydrogens is 248 g/mol. The molecule has 118 valence electrons. The predicted octanol–water partition coefficient (Wildman–Crippen LogP) is 3.43. The second-order valence-corrected chi connectivity index (χ2v) is 7.38. The zero-order valence-electron chi connectivity index (χ0n) is 14.0. The highest BCUT2D eigenvalue weighted by Crippen LogP contribution is 2.40. The van der Waals surface area contributed by atoms with Crippen LogP contribution in [0.3, 0.4) is 0 Å². The molecule has 0 unspecified atom stereocenters. The second-order valence-electron chi connectivity index (χ2n) is 7.38. The molecule has 1 rings (SSSR count). The minimum Gasteiger partial charge on any atom is -0.342 e. The fourth-order valence-electron chi connectivity index (χ4n) is 3.35.